The number of likely N-dealkylation sites (tertiary alicyclic amines) is 1. The second-order valence-corrected chi connectivity index (χ2v) is 5.10. The van der Waals surface area contributed by atoms with Gasteiger partial charge < -0.3 is 15.4 Å². The van der Waals surface area contributed by atoms with E-state index in [0.717, 1.165) is 12.1 Å². The third kappa shape index (κ3) is 4.37. The lowest BCUT2D eigenvalue weighted by atomic mass is 10.1. The Morgan fingerprint density at radius 1 is 1.27 bits per heavy atom. The van der Waals surface area contributed by atoms with Crippen molar-refractivity contribution in [1.29, 1.82) is 0 Å². The van der Waals surface area contributed by atoms with Gasteiger partial charge in [0.25, 0.3) is 0 Å². The molecule has 1 heterocycles. The number of hydrogen-bond acceptors (Lipinski definition) is 3. The smallest absolute Gasteiger partial charge is 0.406 e. The van der Waals surface area contributed by atoms with Crippen LogP contribution in [0.25, 0.3) is 0 Å². The minimum atomic E-state index is -4.74. The Labute approximate surface area is 124 Å². The van der Waals surface area contributed by atoms with Gasteiger partial charge >= 0.3 is 6.36 Å². The third-order valence-electron chi connectivity index (χ3n) is 3.46. The molecule has 2 N–H and O–H groups in total. The first kappa shape index (κ1) is 16.1. The van der Waals surface area contributed by atoms with E-state index in [-0.39, 0.29) is 24.0 Å². The van der Waals surface area contributed by atoms with E-state index in [4.69, 9.17) is 5.73 Å². The number of hydrogen-bond donors (Lipinski definition) is 1. The van der Waals surface area contributed by atoms with E-state index >= 15 is 0 Å². The van der Waals surface area contributed by atoms with Crippen molar-refractivity contribution in [2.75, 3.05) is 13.1 Å². The summed E-state index contributed by atoms with van der Waals surface area (Å²) >= 11 is 0. The molecule has 0 bridgehead atoms. The molecule has 0 aliphatic carbocycles. The summed E-state index contributed by atoms with van der Waals surface area (Å²) in [7, 11) is 0. The molecule has 1 saturated heterocycles. The Morgan fingerprint density at radius 2 is 1.91 bits per heavy atom. The average Bonchev–Trinajstić information content (AvgIpc) is 2.89. The predicted octanol–water partition coefficient (Wildman–Crippen LogP) is 1.46. The molecule has 2 rings (SSSR count). The van der Waals surface area contributed by atoms with Crippen molar-refractivity contribution < 1.29 is 27.5 Å². The molecule has 0 unspecified atom stereocenters. The molecule has 1 aliphatic heterocycles. The largest absolute Gasteiger partial charge is 0.573 e. The van der Waals surface area contributed by atoms with Gasteiger partial charge in [-0.05, 0) is 24.1 Å². The summed E-state index contributed by atoms with van der Waals surface area (Å²) in [5.41, 5.74) is 5.77. The summed E-state index contributed by atoms with van der Waals surface area (Å²) in [6, 6.07) is 5.12. The van der Waals surface area contributed by atoms with Gasteiger partial charge in [0.1, 0.15) is 5.75 Å². The van der Waals surface area contributed by atoms with Gasteiger partial charge in [-0.2, -0.15) is 0 Å². The Morgan fingerprint density at radius 3 is 2.41 bits per heavy atom. The normalized spacial score (nSPS) is 18.3. The molecule has 1 fully saturated rings. The van der Waals surface area contributed by atoms with Gasteiger partial charge in [0.2, 0.25) is 11.8 Å². The second-order valence-electron chi connectivity index (χ2n) is 5.10. The van der Waals surface area contributed by atoms with Crippen LogP contribution in [0.3, 0.4) is 0 Å². The number of carbonyl (C=O) groups excluding carboxylic acids is 2. The topological polar surface area (TPSA) is 72.6 Å². The van der Waals surface area contributed by atoms with Gasteiger partial charge in [0, 0.05) is 13.1 Å². The maximum absolute atomic E-state index is 12.1. The molecule has 5 nitrogen and oxygen atoms in total. The maximum atomic E-state index is 12.1. The number of primary amides is 1. The number of alkyl halides is 3. The molecule has 1 aromatic carbocycles. The highest BCUT2D eigenvalue weighted by Gasteiger charge is 2.31. The van der Waals surface area contributed by atoms with Crippen LogP contribution in [0.4, 0.5) is 13.2 Å². The predicted molar refractivity (Wildman–Crippen MR) is 70.7 cm³/mol. The molecule has 0 radical (unpaired) electrons. The Hall–Kier alpha value is -2.25. The molecule has 0 spiro atoms. The monoisotopic (exact) mass is 316 g/mol. The van der Waals surface area contributed by atoms with Crippen molar-refractivity contribution in [3.63, 3.8) is 0 Å². The molecule has 22 heavy (non-hydrogen) atoms. The van der Waals surface area contributed by atoms with Crippen molar-refractivity contribution >= 4 is 11.8 Å². The van der Waals surface area contributed by atoms with Crippen LogP contribution in [0.15, 0.2) is 24.3 Å². The van der Waals surface area contributed by atoms with E-state index in [2.05, 4.69) is 4.74 Å². The average molecular weight is 316 g/mol. The molecule has 1 atom stereocenters. The molecule has 2 amide bonds. The van der Waals surface area contributed by atoms with E-state index in [0.29, 0.717) is 25.1 Å². The number of ether oxygens (including phenoxy) is 1. The first-order valence-electron chi connectivity index (χ1n) is 6.66. The van der Waals surface area contributed by atoms with Crippen molar-refractivity contribution in [3.8, 4) is 5.75 Å². The van der Waals surface area contributed by atoms with Crippen LogP contribution in [0.5, 0.6) is 5.75 Å². The summed E-state index contributed by atoms with van der Waals surface area (Å²) in [5.74, 6) is -1.28. The third-order valence-corrected chi connectivity index (χ3v) is 3.46. The molecule has 120 valence electrons. The van der Waals surface area contributed by atoms with Crippen molar-refractivity contribution in [2.24, 2.45) is 11.7 Å². The van der Waals surface area contributed by atoms with E-state index in [1.807, 2.05) is 0 Å². The van der Waals surface area contributed by atoms with Gasteiger partial charge in [-0.3, -0.25) is 9.59 Å². The molecule has 8 heteroatoms. The molecule has 1 aliphatic rings. The zero-order valence-electron chi connectivity index (χ0n) is 11.6. The number of carbonyl (C=O) groups is 2. The number of rotatable bonds is 4. The first-order valence-corrected chi connectivity index (χ1v) is 6.66. The van der Waals surface area contributed by atoms with E-state index in [1.54, 1.807) is 0 Å². The van der Waals surface area contributed by atoms with Crippen LogP contribution in [0.2, 0.25) is 0 Å². The second kappa shape index (κ2) is 6.25. The number of amides is 2. The maximum Gasteiger partial charge on any atom is 0.573 e. The number of nitrogens with zero attached hydrogens (tertiary/aromatic N) is 1. The van der Waals surface area contributed by atoms with Crippen LogP contribution in [-0.4, -0.2) is 36.2 Å². The van der Waals surface area contributed by atoms with Crippen molar-refractivity contribution in [2.45, 2.75) is 19.2 Å². The SMILES string of the molecule is NC(=O)[C@H]1CCN(C(=O)Cc2ccc(OC(F)(F)F)cc2)C1. The van der Waals surface area contributed by atoms with Gasteiger partial charge in [0.05, 0.1) is 12.3 Å². The summed E-state index contributed by atoms with van der Waals surface area (Å²) in [6.07, 6.45) is -4.14. The number of halogens is 3. The van der Waals surface area contributed by atoms with Gasteiger partial charge in [-0.15, -0.1) is 13.2 Å². The van der Waals surface area contributed by atoms with Crippen molar-refractivity contribution in [1.82, 2.24) is 4.90 Å². The molecular formula is C14H15F3N2O3. The lowest BCUT2D eigenvalue weighted by Gasteiger charge is -2.16. The highest BCUT2D eigenvalue weighted by atomic mass is 19.4. The fourth-order valence-corrected chi connectivity index (χ4v) is 2.31. The van der Waals surface area contributed by atoms with Gasteiger partial charge in [-0.1, -0.05) is 12.1 Å². The van der Waals surface area contributed by atoms with Gasteiger partial charge in [-0.25, -0.2) is 0 Å². The van der Waals surface area contributed by atoms with E-state index < -0.39 is 12.3 Å². The summed E-state index contributed by atoms with van der Waals surface area (Å²) in [4.78, 5) is 24.7. The highest BCUT2D eigenvalue weighted by Crippen LogP contribution is 2.23. The van der Waals surface area contributed by atoms with E-state index in [1.165, 1.54) is 17.0 Å². The number of benzene rings is 1. The minimum Gasteiger partial charge on any atom is -0.406 e. The quantitative estimate of drug-likeness (QED) is 0.914. The van der Waals surface area contributed by atoms with Crippen LogP contribution < -0.4 is 10.5 Å². The van der Waals surface area contributed by atoms with Gasteiger partial charge in [0.15, 0.2) is 0 Å². The molecule has 1 aromatic rings. The molecule has 0 saturated carbocycles. The summed E-state index contributed by atoms with van der Waals surface area (Å²) in [5, 5.41) is 0. The zero-order valence-corrected chi connectivity index (χ0v) is 11.6. The van der Waals surface area contributed by atoms with E-state index in [9.17, 15) is 22.8 Å². The van der Waals surface area contributed by atoms with Crippen LogP contribution in [-0.2, 0) is 16.0 Å². The zero-order chi connectivity index (χ0) is 16.3. The Kier molecular flexibility index (Phi) is 4.58. The first-order chi connectivity index (χ1) is 10.2. The summed E-state index contributed by atoms with van der Waals surface area (Å²) in [6.45, 7) is 0.755. The lowest BCUT2D eigenvalue weighted by Crippen LogP contribution is -2.32. The standard InChI is InChI=1S/C14H15F3N2O3/c15-14(16,17)22-11-3-1-9(2-4-11)7-12(20)19-6-5-10(8-19)13(18)21/h1-4,10H,5-8H2,(H2,18,21)/t10-/m0/s1. The van der Waals surface area contributed by atoms with Crippen LogP contribution in [0, 0.1) is 5.92 Å². The fourth-order valence-electron chi connectivity index (χ4n) is 2.31. The highest BCUT2D eigenvalue weighted by molar-refractivity contribution is 5.82. The fraction of sp³-hybridized carbons (Fsp3) is 0.429. The van der Waals surface area contributed by atoms with Crippen LogP contribution >= 0.6 is 0 Å². The Bertz CT molecular complexity index is 557. The summed E-state index contributed by atoms with van der Waals surface area (Å²) < 4.78 is 39.9. The van der Waals surface area contributed by atoms with Crippen molar-refractivity contribution in [3.05, 3.63) is 29.8 Å². The van der Waals surface area contributed by atoms with Crippen LogP contribution in [0.1, 0.15) is 12.0 Å². The minimum absolute atomic E-state index is 0.0534. The molecular weight excluding hydrogens is 301 g/mol. The lowest BCUT2D eigenvalue weighted by molar-refractivity contribution is -0.274. The Balaban J connectivity index is 1.91. The number of nitrogens with two attached hydrogens (primary N) is 1. The molecule has 0 aromatic heterocycles.